The molecule has 0 bridgehead atoms. The maximum absolute atomic E-state index is 9.13. The van der Waals surface area contributed by atoms with Crippen LogP contribution in [0, 0.1) is 5.92 Å². The first-order valence-electron chi connectivity index (χ1n) is 7.77. The lowest BCUT2D eigenvalue weighted by molar-refractivity contribution is 0.186. The zero-order valence-electron chi connectivity index (χ0n) is 14.1. The van der Waals surface area contributed by atoms with E-state index in [0.717, 1.165) is 18.8 Å². The lowest BCUT2D eigenvalue weighted by atomic mass is 10.0. The number of benzene rings is 1. The molecule has 1 aromatic rings. The molecular weight excluding hydrogens is 244 g/mol. The molecule has 1 N–H and O–H groups in total. The molecule has 1 heteroatoms. The number of allylic oxidation sites excluding steroid dienone is 1. The Morgan fingerprint density at radius 1 is 1.05 bits per heavy atom. The van der Waals surface area contributed by atoms with Crippen LogP contribution < -0.4 is 0 Å². The fourth-order valence-corrected chi connectivity index (χ4v) is 1.58. The molecule has 0 amide bonds. The molecule has 0 spiro atoms. The summed E-state index contributed by atoms with van der Waals surface area (Å²) in [4.78, 5) is 0. The summed E-state index contributed by atoms with van der Waals surface area (Å²) in [6.45, 7) is 12.7. The van der Waals surface area contributed by atoms with Gasteiger partial charge in [0.25, 0.3) is 0 Å². The van der Waals surface area contributed by atoms with Crippen LogP contribution in [0.1, 0.15) is 71.4 Å². The minimum Gasteiger partial charge on any atom is -0.393 e. The van der Waals surface area contributed by atoms with Crippen LogP contribution in [-0.4, -0.2) is 11.2 Å². The molecule has 0 aliphatic carbocycles. The van der Waals surface area contributed by atoms with Gasteiger partial charge in [-0.3, -0.25) is 0 Å². The Balaban J connectivity index is 0.000000796. The molecule has 0 saturated carbocycles. The molecular formula is C19H32O. The SMILES string of the molecule is CC(C)C.CC(C)c1cccc(/C=C/CC[C@@H](C)O)c1. The average molecular weight is 276 g/mol. The maximum atomic E-state index is 9.13. The van der Waals surface area contributed by atoms with Crippen molar-refractivity contribution in [2.24, 2.45) is 5.92 Å². The molecule has 1 rings (SSSR count). The van der Waals surface area contributed by atoms with Crippen LogP contribution in [0.2, 0.25) is 0 Å². The second-order valence-corrected chi connectivity index (χ2v) is 6.39. The molecule has 0 aliphatic heterocycles. The van der Waals surface area contributed by atoms with E-state index in [1.165, 1.54) is 11.1 Å². The van der Waals surface area contributed by atoms with Crippen LogP contribution in [-0.2, 0) is 0 Å². The van der Waals surface area contributed by atoms with Gasteiger partial charge < -0.3 is 5.11 Å². The van der Waals surface area contributed by atoms with Crippen LogP contribution in [0.5, 0.6) is 0 Å². The van der Waals surface area contributed by atoms with E-state index in [0.29, 0.717) is 5.92 Å². The van der Waals surface area contributed by atoms with Gasteiger partial charge in [-0.1, -0.05) is 71.0 Å². The van der Waals surface area contributed by atoms with E-state index in [1.807, 2.05) is 6.92 Å². The molecule has 0 unspecified atom stereocenters. The number of rotatable bonds is 5. The predicted octanol–water partition coefficient (Wildman–Crippen LogP) is 5.65. The summed E-state index contributed by atoms with van der Waals surface area (Å²) in [6, 6.07) is 8.61. The normalized spacial score (nSPS) is 12.7. The van der Waals surface area contributed by atoms with Gasteiger partial charge >= 0.3 is 0 Å². The maximum Gasteiger partial charge on any atom is 0.0515 e. The zero-order valence-corrected chi connectivity index (χ0v) is 14.1. The minimum absolute atomic E-state index is 0.202. The van der Waals surface area contributed by atoms with Crippen LogP contribution in [0.25, 0.3) is 6.08 Å². The monoisotopic (exact) mass is 276 g/mol. The third-order valence-corrected chi connectivity index (χ3v) is 2.64. The summed E-state index contributed by atoms with van der Waals surface area (Å²) in [5.41, 5.74) is 2.62. The first kappa shape index (κ1) is 18.9. The fourth-order valence-electron chi connectivity index (χ4n) is 1.58. The molecule has 1 atom stereocenters. The van der Waals surface area contributed by atoms with Crippen molar-refractivity contribution in [2.45, 2.75) is 66.4 Å². The Morgan fingerprint density at radius 2 is 1.65 bits per heavy atom. The quantitative estimate of drug-likeness (QED) is 0.737. The summed E-state index contributed by atoms with van der Waals surface area (Å²) in [5.74, 6) is 1.41. The van der Waals surface area contributed by atoms with Crippen LogP contribution in [0.4, 0.5) is 0 Å². The lowest BCUT2D eigenvalue weighted by Crippen LogP contribution is -1.96. The summed E-state index contributed by atoms with van der Waals surface area (Å²) in [7, 11) is 0. The van der Waals surface area contributed by atoms with Crippen molar-refractivity contribution in [2.75, 3.05) is 0 Å². The summed E-state index contributed by atoms with van der Waals surface area (Å²) in [5, 5.41) is 9.13. The van der Waals surface area contributed by atoms with Gasteiger partial charge in [-0.05, 0) is 42.7 Å². The van der Waals surface area contributed by atoms with E-state index >= 15 is 0 Å². The third-order valence-electron chi connectivity index (χ3n) is 2.64. The standard InChI is InChI=1S/C15H22O.C4H10/c1-12(2)15-10-6-9-14(11-15)8-5-4-7-13(3)16;1-4(2)3/h5-6,8-13,16H,4,7H2,1-3H3;4H,1-3H3/b8-5+;/t13-;/m1./s1. The third kappa shape index (κ3) is 10.8. The van der Waals surface area contributed by atoms with E-state index in [-0.39, 0.29) is 6.10 Å². The second kappa shape index (κ2) is 10.7. The molecule has 0 saturated heterocycles. The van der Waals surface area contributed by atoms with E-state index in [4.69, 9.17) is 5.11 Å². The van der Waals surface area contributed by atoms with Crippen molar-refractivity contribution in [3.8, 4) is 0 Å². The highest BCUT2D eigenvalue weighted by atomic mass is 16.3. The van der Waals surface area contributed by atoms with Crippen molar-refractivity contribution in [1.29, 1.82) is 0 Å². The predicted molar refractivity (Wildman–Crippen MR) is 91.0 cm³/mol. The summed E-state index contributed by atoms with van der Waals surface area (Å²) >= 11 is 0. The van der Waals surface area contributed by atoms with Crippen LogP contribution in [0.3, 0.4) is 0 Å². The lowest BCUT2D eigenvalue weighted by Gasteiger charge is -2.05. The second-order valence-electron chi connectivity index (χ2n) is 6.39. The van der Waals surface area contributed by atoms with Gasteiger partial charge in [0.1, 0.15) is 0 Å². The molecule has 114 valence electrons. The molecule has 0 fully saturated rings. The van der Waals surface area contributed by atoms with E-state index in [1.54, 1.807) is 0 Å². The van der Waals surface area contributed by atoms with Gasteiger partial charge in [-0.2, -0.15) is 0 Å². The van der Waals surface area contributed by atoms with E-state index < -0.39 is 0 Å². The molecule has 20 heavy (non-hydrogen) atoms. The largest absolute Gasteiger partial charge is 0.393 e. The van der Waals surface area contributed by atoms with Crippen molar-refractivity contribution in [3.05, 3.63) is 41.5 Å². The van der Waals surface area contributed by atoms with Gasteiger partial charge in [0.05, 0.1) is 6.10 Å². The molecule has 0 aromatic heterocycles. The van der Waals surface area contributed by atoms with Gasteiger partial charge in [0.2, 0.25) is 0 Å². The Bertz CT molecular complexity index is 372. The number of hydrogen-bond donors (Lipinski definition) is 1. The van der Waals surface area contributed by atoms with E-state index in [9.17, 15) is 0 Å². The van der Waals surface area contributed by atoms with Gasteiger partial charge in [-0.25, -0.2) is 0 Å². The highest BCUT2D eigenvalue weighted by Crippen LogP contribution is 2.16. The Kier molecular flexibility index (Phi) is 10.1. The van der Waals surface area contributed by atoms with Crippen LogP contribution >= 0.6 is 0 Å². The first-order chi connectivity index (χ1) is 9.32. The number of hydrogen-bond acceptors (Lipinski definition) is 1. The Morgan fingerprint density at radius 3 is 2.15 bits per heavy atom. The summed E-state index contributed by atoms with van der Waals surface area (Å²) in [6.07, 6.45) is 5.83. The highest BCUT2D eigenvalue weighted by Gasteiger charge is 1.98. The van der Waals surface area contributed by atoms with Crippen molar-refractivity contribution in [3.63, 3.8) is 0 Å². The van der Waals surface area contributed by atoms with Gasteiger partial charge in [0.15, 0.2) is 0 Å². The Hall–Kier alpha value is -1.08. The molecule has 1 nitrogen and oxygen atoms in total. The minimum atomic E-state index is -0.202. The van der Waals surface area contributed by atoms with Crippen molar-refractivity contribution < 1.29 is 5.11 Å². The molecule has 0 heterocycles. The smallest absolute Gasteiger partial charge is 0.0515 e. The first-order valence-corrected chi connectivity index (χ1v) is 7.77. The van der Waals surface area contributed by atoms with E-state index in [2.05, 4.69) is 71.0 Å². The van der Waals surface area contributed by atoms with Gasteiger partial charge in [0, 0.05) is 0 Å². The van der Waals surface area contributed by atoms with Crippen molar-refractivity contribution >= 4 is 6.08 Å². The molecule has 0 aliphatic rings. The molecule has 1 aromatic carbocycles. The molecule has 0 radical (unpaired) electrons. The van der Waals surface area contributed by atoms with Crippen molar-refractivity contribution in [1.82, 2.24) is 0 Å². The highest BCUT2D eigenvalue weighted by molar-refractivity contribution is 5.50. The number of aliphatic hydroxyl groups is 1. The fraction of sp³-hybridized carbons (Fsp3) is 0.579. The zero-order chi connectivity index (χ0) is 15.5. The average Bonchev–Trinajstić information content (AvgIpc) is 2.34. The summed E-state index contributed by atoms with van der Waals surface area (Å²) < 4.78 is 0. The Labute approximate surface area is 125 Å². The van der Waals surface area contributed by atoms with Crippen LogP contribution in [0.15, 0.2) is 30.3 Å². The number of aliphatic hydroxyl groups excluding tert-OH is 1. The van der Waals surface area contributed by atoms with Gasteiger partial charge in [-0.15, -0.1) is 0 Å². The topological polar surface area (TPSA) is 20.2 Å².